The lowest BCUT2D eigenvalue weighted by Crippen LogP contribution is -2.51. The Morgan fingerprint density at radius 2 is 1.91 bits per heavy atom. The Morgan fingerprint density at radius 3 is 2.55 bits per heavy atom. The summed E-state index contributed by atoms with van der Waals surface area (Å²) >= 11 is 12.2. The highest BCUT2D eigenvalue weighted by atomic mass is 35.5. The van der Waals surface area contributed by atoms with Crippen molar-refractivity contribution in [3.63, 3.8) is 0 Å². The van der Waals surface area contributed by atoms with Crippen LogP contribution in [0.25, 0.3) is 0 Å². The lowest BCUT2D eigenvalue weighted by Gasteiger charge is -2.46. The first-order valence-corrected chi connectivity index (χ1v) is 11.6. The van der Waals surface area contributed by atoms with Crippen molar-refractivity contribution in [2.45, 2.75) is 62.9 Å². The van der Waals surface area contributed by atoms with Crippen molar-refractivity contribution in [3.8, 4) is 0 Å². The van der Waals surface area contributed by atoms with E-state index in [0.29, 0.717) is 35.5 Å². The summed E-state index contributed by atoms with van der Waals surface area (Å²) in [5.41, 5.74) is 0.876. The molecule has 0 bridgehead atoms. The Morgan fingerprint density at radius 1 is 1.21 bits per heavy atom. The summed E-state index contributed by atoms with van der Waals surface area (Å²) in [5.74, 6) is -3.04. The molecule has 6 nitrogen and oxygen atoms in total. The van der Waals surface area contributed by atoms with Crippen molar-refractivity contribution in [3.05, 3.63) is 57.6 Å². The number of aliphatic carboxylic acids is 1. The van der Waals surface area contributed by atoms with Crippen molar-refractivity contribution in [1.29, 1.82) is 0 Å². The Labute approximate surface area is 201 Å². The number of halogens is 3. The van der Waals surface area contributed by atoms with Crippen LogP contribution in [0.15, 0.2) is 30.5 Å². The smallest absolute Gasteiger partial charge is 0.321 e. The van der Waals surface area contributed by atoms with Crippen LogP contribution in [0.5, 0.6) is 0 Å². The van der Waals surface area contributed by atoms with Gasteiger partial charge < -0.3 is 10.4 Å². The molecule has 1 amide bonds. The summed E-state index contributed by atoms with van der Waals surface area (Å²) < 4.78 is 15.3. The first-order valence-electron chi connectivity index (χ1n) is 10.9. The second kappa shape index (κ2) is 8.85. The van der Waals surface area contributed by atoms with Gasteiger partial charge in [0.1, 0.15) is 6.04 Å². The third-order valence-electron chi connectivity index (χ3n) is 7.32. The second-order valence-corrected chi connectivity index (χ2v) is 10.6. The average Bonchev–Trinajstić information content (AvgIpc) is 3.08. The molecule has 2 fully saturated rings. The number of nitrogens with one attached hydrogen (secondary N) is 2. The van der Waals surface area contributed by atoms with E-state index in [-0.39, 0.29) is 16.1 Å². The molecule has 3 N–H and O–H groups in total. The molecule has 4 rings (SSSR count). The minimum Gasteiger partial charge on any atom is -0.480 e. The van der Waals surface area contributed by atoms with Crippen LogP contribution >= 0.6 is 23.2 Å². The number of benzene rings is 1. The number of carbonyl (C=O) groups is 2. The van der Waals surface area contributed by atoms with Crippen molar-refractivity contribution in [1.82, 2.24) is 10.3 Å². The number of pyridine rings is 1. The number of carboxylic acids is 1. The molecule has 1 aliphatic carbocycles. The Bertz CT molecular complexity index is 1080. The minimum absolute atomic E-state index is 0.114. The van der Waals surface area contributed by atoms with E-state index in [1.54, 1.807) is 18.2 Å². The summed E-state index contributed by atoms with van der Waals surface area (Å²) in [6, 6.07) is 5.57. The maximum absolute atomic E-state index is 15.3. The number of anilines is 1. The number of carboxylic acid groups (broad SMARTS) is 1. The van der Waals surface area contributed by atoms with Gasteiger partial charge in [0, 0.05) is 34.3 Å². The molecule has 33 heavy (non-hydrogen) atoms. The molecule has 3 atom stereocenters. The Balaban J connectivity index is 1.95. The van der Waals surface area contributed by atoms with Gasteiger partial charge >= 0.3 is 5.97 Å². The fourth-order valence-corrected chi connectivity index (χ4v) is 5.93. The fourth-order valence-electron chi connectivity index (χ4n) is 5.60. The van der Waals surface area contributed by atoms with Gasteiger partial charge in [-0.1, -0.05) is 43.1 Å². The largest absolute Gasteiger partial charge is 0.480 e. The van der Waals surface area contributed by atoms with Gasteiger partial charge in [0.25, 0.3) is 0 Å². The van der Waals surface area contributed by atoms with Crippen molar-refractivity contribution < 1.29 is 19.1 Å². The molecule has 1 aliphatic heterocycles. The summed E-state index contributed by atoms with van der Waals surface area (Å²) in [6.07, 6.45) is 5.10. The van der Waals surface area contributed by atoms with Gasteiger partial charge in [-0.2, -0.15) is 0 Å². The molecule has 1 unspecified atom stereocenters. The molecule has 1 saturated carbocycles. The van der Waals surface area contributed by atoms with Gasteiger partial charge in [-0.15, -0.1) is 0 Å². The number of carbonyl (C=O) groups excluding carboxylic acids is 1. The molecule has 176 valence electrons. The minimum atomic E-state index is -1.07. The molecule has 9 heteroatoms. The normalized spacial score (nSPS) is 25.7. The summed E-state index contributed by atoms with van der Waals surface area (Å²) in [4.78, 5) is 27.6. The molecule has 1 aromatic heterocycles. The average molecular weight is 494 g/mol. The molecule has 1 saturated heterocycles. The zero-order valence-electron chi connectivity index (χ0n) is 18.4. The molecule has 0 radical (unpaired) electrons. The first-order chi connectivity index (χ1) is 15.6. The Kier molecular flexibility index (Phi) is 6.42. The lowest BCUT2D eigenvalue weighted by atomic mass is 9.61. The van der Waals surface area contributed by atoms with E-state index in [1.807, 2.05) is 0 Å². The van der Waals surface area contributed by atoms with E-state index < -0.39 is 35.2 Å². The molecule has 2 heterocycles. The molecular weight excluding hydrogens is 468 g/mol. The van der Waals surface area contributed by atoms with Crippen LogP contribution in [0.3, 0.4) is 0 Å². The topological polar surface area (TPSA) is 91.3 Å². The molecule has 2 aromatic rings. The highest BCUT2D eigenvalue weighted by molar-refractivity contribution is 6.31. The van der Waals surface area contributed by atoms with E-state index >= 15 is 4.39 Å². The van der Waals surface area contributed by atoms with Gasteiger partial charge in [-0.25, -0.2) is 9.37 Å². The maximum atomic E-state index is 15.3. The summed E-state index contributed by atoms with van der Waals surface area (Å²) in [5, 5.41) is 16.4. The lowest BCUT2D eigenvalue weighted by molar-refractivity contribution is -0.139. The quantitative estimate of drug-likeness (QED) is 0.385. The summed E-state index contributed by atoms with van der Waals surface area (Å²) in [7, 11) is 0. The predicted molar refractivity (Wildman–Crippen MR) is 125 cm³/mol. The van der Waals surface area contributed by atoms with Crippen LogP contribution < -0.4 is 10.6 Å². The molecular formula is C24H26Cl2FN3O3. The standard InChI is InChI=1S/C24H26Cl2FN3O3/c1-23(2)6-8-24(9-7-23)18(14-4-3-13(25)11-16(14)29-12-31)17(20(30-24)22(32)33)15-5-10-28-21(26)19(15)27/h3-5,10-12,17-18,20,30H,6-9H2,1-2H3,(H,29,31)(H,32,33)/t17-,18?,20-/m1/s1. The second-order valence-electron chi connectivity index (χ2n) is 9.78. The van der Waals surface area contributed by atoms with E-state index in [2.05, 4.69) is 29.5 Å². The molecule has 1 aromatic carbocycles. The van der Waals surface area contributed by atoms with E-state index in [0.717, 1.165) is 12.8 Å². The van der Waals surface area contributed by atoms with Crippen LogP contribution in [0.1, 0.15) is 62.5 Å². The summed E-state index contributed by atoms with van der Waals surface area (Å²) in [6.45, 7) is 4.39. The Hall–Kier alpha value is -2.22. The van der Waals surface area contributed by atoms with Gasteiger partial charge in [-0.05, 0) is 60.4 Å². The van der Waals surface area contributed by atoms with Crippen LogP contribution in [0.4, 0.5) is 10.1 Å². The first kappa shape index (κ1) is 23.9. The van der Waals surface area contributed by atoms with Gasteiger partial charge in [0.2, 0.25) is 6.41 Å². The van der Waals surface area contributed by atoms with Crippen molar-refractivity contribution in [2.75, 3.05) is 5.32 Å². The highest BCUT2D eigenvalue weighted by Crippen LogP contribution is 2.57. The van der Waals surface area contributed by atoms with Gasteiger partial charge in [-0.3, -0.25) is 14.9 Å². The monoisotopic (exact) mass is 493 g/mol. The van der Waals surface area contributed by atoms with Crippen LogP contribution in [-0.4, -0.2) is 34.1 Å². The predicted octanol–water partition coefficient (Wildman–Crippen LogP) is 5.36. The number of rotatable bonds is 5. The van der Waals surface area contributed by atoms with E-state index in [9.17, 15) is 14.7 Å². The highest BCUT2D eigenvalue weighted by Gasteiger charge is 2.58. The number of aromatic nitrogens is 1. The zero-order chi connectivity index (χ0) is 24.0. The van der Waals surface area contributed by atoms with E-state index in [1.165, 1.54) is 12.3 Å². The van der Waals surface area contributed by atoms with Gasteiger partial charge in [0.05, 0.1) is 0 Å². The van der Waals surface area contributed by atoms with Crippen LogP contribution in [0.2, 0.25) is 10.2 Å². The fraction of sp³-hybridized carbons (Fsp3) is 0.458. The molecule has 2 aliphatic rings. The third-order valence-corrected chi connectivity index (χ3v) is 7.82. The zero-order valence-corrected chi connectivity index (χ0v) is 19.9. The number of hydrogen-bond donors (Lipinski definition) is 3. The third kappa shape index (κ3) is 4.34. The number of nitrogens with zero attached hydrogens (tertiary/aromatic N) is 1. The number of hydrogen-bond acceptors (Lipinski definition) is 4. The van der Waals surface area contributed by atoms with E-state index in [4.69, 9.17) is 23.2 Å². The van der Waals surface area contributed by atoms with Gasteiger partial charge in [0.15, 0.2) is 11.0 Å². The van der Waals surface area contributed by atoms with Crippen LogP contribution in [-0.2, 0) is 9.59 Å². The van der Waals surface area contributed by atoms with Crippen molar-refractivity contribution in [2.24, 2.45) is 5.41 Å². The molecule has 1 spiro atoms. The van der Waals surface area contributed by atoms with Crippen molar-refractivity contribution >= 4 is 41.3 Å². The number of amides is 1. The SMILES string of the molecule is CC1(C)CCC2(CC1)N[C@@H](C(=O)O)[C@H](c1ccnc(Cl)c1F)C2c1ccc(Cl)cc1NC=O. The maximum Gasteiger partial charge on any atom is 0.321 e. The van der Waals surface area contributed by atoms with Crippen LogP contribution in [0, 0.1) is 11.2 Å².